The van der Waals surface area contributed by atoms with Crippen LogP contribution in [-0.2, 0) is 11.3 Å². The molecule has 0 bridgehead atoms. The van der Waals surface area contributed by atoms with Crippen molar-refractivity contribution in [3.8, 4) is 5.75 Å². The summed E-state index contributed by atoms with van der Waals surface area (Å²) in [7, 11) is 0. The van der Waals surface area contributed by atoms with Gasteiger partial charge in [0.1, 0.15) is 5.75 Å². The maximum Gasteiger partial charge on any atom is 0.265 e. The number of carbonyl (C=O) groups is 1. The van der Waals surface area contributed by atoms with Gasteiger partial charge in [-0.1, -0.05) is 12.1 Å². The van der Waals surface area contributed by atoms with Crippen LogP contribution in [0.1, 0.15) is 23.8 Å². The van der Waals surface area contributed by atoms with Gasteiger partial charge in [-0.05, 0) is 49.4 Å². The maximum absolute atomic E-state index is 12.2. The predicted octanol–water partition coefficient (Wildman–Crippen LogP) is 2.93. The van der Waals surface area contributed by atoms with Crippen molar-refractivity contribution in [3.63, 3.8) is 0 Å². The third-order valence-corrected chi connectivity index (χ3v) is 5.36. The normalized spacial score (nSPS) is 13.9. The van der Waals surface area contributed by atoms with E-state index in [-0.39, 0.29) is 12.5 Å². The van der Waals surface area contributed by atoms with Crippen molar-refractivity contribution in [2.45, 2.75) is 26.8 Å². The number of anilines is 1. The number of carbonyl (C=O) groups excluding carboxylic acids is 1. The maximum atomic E-state index is 12.2. The van der Waals surface area contributed by atoms with Crippen LogP contribution in [0.25, 0.3) is 0 Å². The molecule has 2 heterocycles. The van der Waals surface area contributed by atoms with Crippen molar-refractivity contribution >= 4 is 28.9 Å². The van der Waals surface area contributed by atoms with E-state index in [0.29, 0.717) is 13.1 Å². The summed E-state index contributed by atoms with van der Waals surface area (Å²) in [5.74, 6) is 1.58. The summed E-state index contributed by atoms with van der Waals surface area (Å²) < 4.78 is 5.48. The zero-order valence-electron chi connectivity index (χ0n) is 15.8. The Balaban J connectivity index is 1.52. The minimum absolute atomic E-state index is 0.00226. The van der Waals surface area contributed by atoms with Gasteiger partial charge >= 0.3 is 0 Å². The Morgan fingerprint density at radius 1 is 1.30 bits per heavy atom. The molecule has 27 heavy (non-hydrogen) atoms. The molecule has 2 N–H and O–H groups in total. The number of hydrogen-bond acceptors (Lipinski definition) is 4. The molecule has 0 aliphatic carbocycles. The number of aryl methyl sites for hydroxylation is 1. The van der Waals surface area contributed by atoms with Crippen LogP contribution in [0.5, 0.6) is 5.75 Å². The zero-order valence-corrected chi connectivity index (χ0v) is 16.6. The van der Waals surface area contributed by atoms with Gasteiger partial charge in [0.05, 0.1) is 12.2 Å². The van der Waals surface area contributed by atoms with E-state index in [1.165, 1.54) is 10.4 Å². The SMILES string of the molecule is CCNC(=NCc1sccc1C)NCCCN1C(=O)COc2ccccc21. The smallest absolute Gasteiger partial charge is 0.265 e. The highest BCUT2D eigenvalue weighted by Crippen LogP contribution is 2.31. The molecule has 6 nitrogen and oxygen atoms in total. The average Bonchev–Trinajstić information content (AvgIpc) is 3.09. The second-order valence-electron chi connectivity index (χ2n) is 6.30. The van der Waals surface area contributed by atoms with Crippen LogP contribution < -0.4 is 20.3 Å². The van der Waals surface area contributed by atoms with Gasteiger partial charge in [0.25, 0.3) is 5.91 Å². The van der Waals surface area contributed by atoms with Gasteiger partial charge in [-0.3, -0.25) is 4.79 Å². The van der Waals surface area contributed by atoms with Crippen LogP contribution >= 0.6 is 11.3 Å². The molecule has 7 heteroatoms. The molecule has 0 saturated carbocycles. The van der Waals surface area contributed by atoms with Crippen LogP contribution in [0, 0.1) is 6.92 Å². The van der Waals surface area contributed by atoms with Crippen molar-refractivity contribution in [2.75, 3.05) is 31.1 Å². The van der Waals surface area contributed by atoms with Gasteiger partial charge in [0, 0.05) is 24.5 Å². The molecular weight excluding hydrogens is 360 g/mol. The molecule has 144 valence electrons. The molecule has 0 saturated heterocycles. The summed E-state index contributed by atoms with van der Waals surface area (Å²) in [5, 5.41) is 8.72. The van der Waals surface area contributed by atoms with Crippen LogP contribution in [0.15, 0.2) is 40.7 Å². The summed E-state index contributed by atoms with van der Waals surface area (Å²) in [6.45, 7) is 7.14. The van der Waals surface area contributed by atoms with Crippen molar-refractivity contribution in [1.82, 2.24) is 10.6 Å². The predicted molar refractivity (Wildman–Crippen MR) is 111 cm³/mol. The van der Waals surface area contributed by atoms with Crippen LogP contribution in [0.3, 0.4) is 0 Å². The second kappa shape index (κ2) is 9.41. The third-order valence-electron chi connectivity index (χ3n) is 4.35. The summed E-state index contributed by atoms with van der Waals surface area (Å²) in [4.78, 5) is 19.9. The first-order chi connectivity index (χ1) is 13.2. The molecule has 0 spiro atoms. The molecule has 1 aliphatic rings. The Morgan fingerprint density at radius 3 is 2.93 bits per heavy atom. The Kier molecular flexibility index (Phi) is 6.70. The number of benzene rings is 1. The fraction of sp³-hybridized carbons (Fsp3) is 0.400. The number of nitrogens with one attached hydrogen (secondary N) is 2. The number of aliphatic imine (C=N–C) groups is 1. The van der Waals surface area contributed by atoms with Gasteiger partial charge in [0.2, 0.25) is 0 Å². The largest absolute Gasteiger partial charge is 0.482 e. The van der Waals surface area contributed by atoms with Gasteiger partial charge < -0.3 is 20.3 Å². The molecule has 0 unspecified atom stereocenters. The zero-order chi connectivity index (χ0) is 19.1. The van der Waals surface area contributed by atoms with E-state index in [9.17, 15) is 4.79 Å². The molecule has 0 atom stereocenters. The topological polar surface area (TPSA) is 66.0 Å². The Morgan fingerprint density at radius 2 is 2.15 bits per heavy atom. The lowest BCUT2D eigenvalue weighted by Crippen LogP contribution is -2.42. The summed E-state index contributed by atoms with van der Waals surface area (Å²) in [5.41, 5.74) is 2.13. The molecule has 0 fully saturated rings. The highest BCUT2D eigenvalue weighted by Gasteiger charge is 2.24. The Labute approximate surface area is 164 Å². The first kappa shape index (κ1) is 19.2. The summed E-state index contributed by atoms with van der Waals surface area (Å²) >= 11 is 1.73. The van der Waals surface area contributed by atoms with Crippen LogP contribution in [0.4, 0.5) is 5.69 Å². The fourth-order valence-corrected chi connectivity index (χ4v) is 3.73. The fourth-order valence-electron chi connectivity index (χ4n) is 2.90. The van der Waals surface area contributed by atoms with Crippen molar-refractivity contribution in [1.29, 1.82) is 0 Å². The number of nitrogens with zero attached hydrogens (tertiary/aromatic N) is 2. The number of hydrogen-bond donors (Lipinski definition) is 2. The van der Waals surface area contributed by atoms with E-state index in [0.717, 1.165) is 36.9 Å². The van der Waals surface area contributed by atoms with E-state index in [4.69, 9.17) is 4.74 Å². The minimum atomic E-state index is 0.00226. The number of rotatable bonds is 7. The van der Waals surface area contributed by atoms with E-state index >= 15 is 0 Å². The minimum Gasteiger partial charge on any atom is -0.482 e. The lowest BCUT2D eigenvalue weighted by Gasteiger charge is -2.29. The summed E-state index contributed by atoms with van der Waals surface area (Å²) in [6.07, 6.45) is 0.822. The van der Waals surface area contributed by atoms with E-state index in [2.05, 4.69) is 40.9 Å². The first-order valence-electron chi connectivity index (χ1n) is 9.26. The molecule has 1 aliphatic heterocycles. The van der Waals surface area contributed by atoms with Crippen molar-refractivity contribution < 1.29 is 9.53 Å². The highest BCUT2D eigenvalue weighted by molar-refractivity contribution is 7.10. The second-order valence-corrected chi connectivity index (χ2v) is 7.30. The van der Waals surface area contributed by atoms with Crippen LogP contribution in [-0.4, -0.2) is 38.1 Å². The molecule has 0 radical (unpaired) electrons. The van der Waals surface area contributed by atoms with E-state index in [1.54, 1.807) is 16.2 Å². The number of ether oxygens (including phenoxy) is 1. The Hall–Kier alpha value is -2.54. The van der Waals surface area contributed by atoms with Gasteiger partial charge in [-0.15, -0.1) is 11.3 Å². The van der Waals surface area contributed by atoms with E-state index in [1.807, 2.05) is 24.3 Å². The lowest BCUT2D eigenvalue weighted by molar-refractivity contribution is -0.121. The molecule has 1 aromatic heterocycles. The van der Waals surface area contributed by atoms with Crippen molar-refractivity contribution in [2.24, 2.45) is 4.99 Å². The molecule has 1 amide bonds. The lowest BCUT2D eigenvalue weighted by atomic mass is 10.2. The highest BCUT2D eigenvalue weighted by atomic mass is 32.1. The quantitative estimate of drug-likeness (QED) is 0.436. The van der Waals surface area contributed by atoms with Gasteiger partial charge in [-0.2, -0.15) is 0 Å². The number of guanidine groups is 1. The van der Waals surface area contributed by atoms with Crippen LogP contribution in [0.2, 0.25) is 0 Å². The molecule has 2 aromatic rings. The standard InChI is InChI=1S/C20H26N4O2S/c1-3-21-20(23-13-18-15(2)9-12-27-18)22-10-6-11-24-16-7-4-5-8-17(16)26-14-19(24)25/h4-5,7-9,12H,3,6,10-11,13-14H2,1-2H3,(H2,21,22,23). The first-order valence-corrected chi connectivity index (χ1v) is 10.1. The monoisotopic (exact) mass is 386 g/mol. The third kappa shape index (κ3) is 5.01. The number of fused-ring (bicyclic) bond motifs is 1. The molecule has 3 rings (SSSR count). The average molecular weight is 387 g/mol. The molecular formula is C20H26N4O2S. The van der Waals surface area contributed by atoms with Crippen molar-refractivity contribution in [3.05, 3.63) is 46.2 Å². The Bertz CT molecular complexity index is 803. The van der Waals surface area contributed by atoms with Gasteiger partial charge in [0.15, 0.2) is 12.6 Å². The number of para-hydroxylation sites is 2. The van der Waals surface area contributed by atoms with E-state index < -0.39 is 0 Å². The van der Waals surface area contributed by atoms with Gasteiger partial charge in [-0.25, -0.2) is 4.99 Å². The number of thiophene rings is 1. The number of amides is 1. The summed E-state index contributed by atoms with van der Waals surface area (Å²) in [6, 6.07) is 9.79. The molecule has 1 aromatic carbocycles.